The van der Waals surface area contributed by atoms with E-state index in [9.17, 15) is 4.79 Å². The lowest BCUT2D eigenvalue weighted by atomic mass is 9.77. The zero-order chi connectivity index (χ0) is 14.6. The van der Waals surface area contributed by atoms with Gasteiger partial charge >= 0.3 is 5.97 Å². The highest BCUT2D eigenvalue weighted by Crippen LogP contribution is 2.48. The molecule has 1 aromatic heterocycles. The highest BCUT2D eigenvalue weighted by atomic mass is 35.5. The van der Waals surface area contributed by atoms with Crippen LogP contribution in [0.4, 0.5) is 0 Å². The number of esters is 1. The monoisotopic (exact) mass is 315 g/mol. The Morgan fingerprint density at radius 2 is 2.25 bits per heavy atom. The quantitative estimate of drug-likeness (QED) is 0.796. The average molecular weight is 316 g/mol. The second-order valence-electron chi connectivity index (χ2n) is 5.63. The third-order valence-electron chi connectivity index (χ3n) is 4.12. The Bertz CT molecular complexity index is 454. The zero-order valence-electron chi connectivity index (χ0n) is 11.9. The van der Waals surface area contributed by atoms with Crippen molar-refractivity contribution in [3.05, 3.63) is 21.3 Å². The van der Waals surface area contributed by atoms with Crippen molar-refractivity contribution in [2.75, 3.05) is 6.61 Å². The Hall–Kier alpha value is -0.580. The molecule has 20 heavy (non-hydrogen) atoms. The van der Waals surface area contributed by atoms with Gasteiger partial charge in [-0.05, 0) is 43.0 Å². The predicted molar refractivity (Wildman–Crippen MR) is 83.0 cm³/mol. The molecular formula is C15H22ClNO2S. The molecule has 112 valence electrons. The van der Waals surface area contributed by atoms with Crippen LogP contribution in [-0.2, 0) is 9.53 Å². The Morgan fingerprint density at radius 3 is 2.80 bits per heavy atom. The molecule has 0 bridgehead atoms. The van der Waals surface area contributed by atoms with Crippen molar-refractivity contribution >= 4 is 28.9 Å². The summed E-state index contributed by atoms with van der Waals surface area (Å²) in [5.74, 6) is -0.0983. The standard InChI is InChI=1S/C15H22ClNO2S/c1-2-19-13(18)10-15(6-3-4-7-15)9-12(17)14-11(16)5-8-20-14/h5,8,12H,2-4,6-7,9-10,17H2,1H3. The van der Waals surface area contributed by atoms with Gasteiger partial charge in [-0.15, -0.1) is 11.3 Å². The molecule has 2 N–H and O–H groups in total. The topological polar surface area (TPSA) is 52.3 Å². The summed E-state index contributed by atoms with van der Waals surface area (Å²) in [5, 5.41) is 2.70. The second-order valence-corrected chi connectivity index (χ2v) is 6.99. The third kappa shape index (κ3) is 3.74. The molecule has 2 rings (SSSR count). The molecule has 1 saturated carbocycles. The summed E-state index contributed by atoms with van der Waals surface area (Å²) in [6.07, 6.45) is 5.75. The molecule has 1 heterocycles. The number of nitrogens with two attached hydrogens (primary N) is 1. The highest BCUT2D eigenvalue weighted by Gasteiger charge is 2.38. The molecule has 1 aliphatic carbocycles. The number of halogens is 1. The fraction of sp³-hybridized carbons (Fsp3) is 0.667. The van der Waals surface area contributed by atoms with E-state index in [0.717, 1.165) is 29.2 Å². The summed E-state index contributed by atoms with van der Waals surface area (Å²) >= 11 is 7.76. The van der Waals surface area contributed by atoms with Crippen molar-refractivity contribution in [3.8, 4) is 0 Å². The van der Waals surface area contributed by atoms with Crippen molar-refractivity contribution in [1.29, 1.82) is 0 Å². The minimum Gasteiger partial charge on any atom is -0.466 e. The number of hydrogen-bond acceptors (Lipinski definition) is 4. The smallest absolute Gasteiger partial charge is 0.306 e. The lowest BCUT2D eigenvalue weighted by Gasteiger charge is -2.30. The molecule has 3 nitrogen and oxygen atoms in total. The van der Waals surface area contributed by atoms with Crippen LogP contribution >= 0.6 is 22.9 Å². The van der Waals surface area contributed by atoms with Gasteiger partial charge in [-0.3, -0.25) is 4.79 Å². The normalized spacial score (nSPS) is 18.9. The number of ether oxygens (including phenoxy) is 1. The number of carbonyl (C=O) groups excluding carboxylic acids is 1. The molecule has 5 heteroatoms. The van der Waals surface area contributed by atoms with Crippen LogP contribution in [0, 0.1) is 5.41 Å². The lowest BCUT2D eigenvalue weighted by Crippen LogP contribution is -2.27. The largest absolute Gasteiger partial charge is 0.466 e. The lowest BCUT2D eigenvalue weighted by molar-refractivity contribution is -0.146. The van der Waals surface area contributed by atoms with Crippen molar-refractivity contribution in [1.82, 2.24) is 0 Å². The molecular weight excluding hydrogens is 294 g/mol. The van der Waals surface area contributed by atoms with Gasteiger partial charge in [0.1, 0.15) is 0 Å². The Morgan fingerprint density at radius 1 is 1.55 bits per heavy atom. The van der Waals surface area contributed by atoms with E-state index < -0.39 is 0 Å². The first-order chi connectivity index (χ1) is 9.56. The summed E-state index contributed by atoms with van der Waals surface area (Å²) in [4.78, 5) is 12.9. The van der Waals surface area contributed by atoms with Crippen molar-refractivity contribution in [2.24, 2.45) is 11.1 Å². The number of rotatable bonds is 6. The molecule has 0 amide bonds. The summed E-state index contributed by atoms with van der Waals surface area (Å²) in [7, 11) is 0. The van der Waals surface area contributed by atoms with Crippen LogP contribution in [0.3, 0.4) is 0 Å². The van der Waals surface area contributed by atoms with E-state index in [0.29, 0.717) is 13.0 Å². The molecule has 0 spiro atoms. The van der Waals surface area contributed by atoms with Gasteiger partial charge in [0.2, 0.25) is 0 Å². The van der Waals surface area contributed by atoms with Crippen LogP contribution in [0.2, 0.25) is 5.02 Å². The fourth-order valence-electron chi connectivity index (χ4n) is 3.23. The summed E-state index contributed by atoms with van der Waals surface area (Å²) in [5.41, 5.74) is 6.33. The van der Waals surface area contributed by atoms with Crippen LogP contribution in [0.1, 0.15) is 56.4 Å². The molecule has 1 aromatic rings. The van der Waals surface area contributed by atoms with E-state index in [4.69, 9.17) is 22.1 Å². The molecule has 0 saturated heterocycles. The summed E-state index contributed by atoms with van der Waals surface area (Å²) in [6, 6.07) is 1.80. The van der Waals surface area contributed by atoms with Gasteiger partial charge < -0.3 is 10.5 Å². The van der Waals surface area contributed by atoms with Gasteiger partial charge in [0.15, 0.2) is 0 Å². The van der Waals surface area contributed by atoms with E-state index in [-0.39, 0.29) is 17.4 Å². The first-order valence-electron chi connectivity index (χ1n) is 7.20. The molecule has 0 aliphatic heterocycles. The van der Waals surface area contributed by atoms with Crippen LogP contribution < -0.4 is 5.73 Å². The van der Waals surface area contributed by atoms with Gasteiger partial charge in [0.05, 0.1) is 18.1 Å². The van der Waals surface area contributed by atoms with E-state index >= 15 is 0 Å². The highest BCUT2D eigenvalue weighted by molar-refractivity contribution is 7.10. The van der Waals surface area contributed by atoms with E-state index in [2.05, 4.69) is 0 Å². The maximum atomic E-state index is 11.9. The minimum atomic E-state index is -0.0983. The molecule has 1 atom stereocenters. The van der Waals surface area contributed by atoms with Crippen molar-refractivity contribution < 1.29 is 9.53 Å². The fourth-order valence-corrected chi connectivity index (χ4v) is 4.43. The summed E-state index contributed by atoms with van der Waals surface area (Å²) < 4.78 is 5.12. The molecule has 1 unspecified atom stereocenters. The van der Waals surface area contributed by atoms with E-state index in [1.165, 1.54) is 12.8 Å². The van der Waals surface area contributed by atoms with Gasteiger partial charge in [-0.25, -0.2) is 0 Å². The summed E-state index contributed by atoms with van der Waals surface area (Å²) in [6.45, 7) is 2.29. The molecule has 0 radical (unpaired) electrons. The molecule has 1 aliphatic rings. The van der Waals surface area contributed by atoms with Crippen LogP contribution in [0.5, 0.6) is 0 Å². The van der Waals surface area contributed by atoms with Gasteiger partial charge in [-0.1, -0.05) is 24.4 Å². The van der Waals surface area contributed by atoms with Crippen LogP contribution in [0.25, 0.3) is 0 Å². The number of carbonyl (C=O) groups is 1. The first-order valence-corrected chi connectivity index (χ1v) is 8.46. The van der Waals surface area contributed by atoms with Crippen molar-refractivity contribution in [3.63, 3.8) is 0 Å². The molecule has 1 fully saturated rings. The van der Waals surface area contributed by atoms with Gasteiger partial charge in [0.25, 0.3) is 0 Å². The second kappa shape index (κ2) is 6.92. The minimum absolute atomic E-state index is 0.00100. The SMILES string of the molecule is CCOC(=O)CC1(CC(N)c2sccc2Cl)CCCC1. The van der Waals surface area contributed by atoms with Crippen LogP contribution in [-0.4, -0.2) is 12.6 Å². The first kappa shape index (κ1) is 15.8. The maximum absolute atomic E-state index is 11.9. The van der Waals surface area contributed by atoms with Gasteiger partial charge in [-0.2, -0.15) is 0 Å². The van der Waals surface area contributed by atoms with E-state index in [1.54, 1.807) is 11.3 Å². The Balaban J connectivity index is 2.05. The van der Waals surface area contributed by atoms with Crippen molar-refractivity contribution in [2.45, 2.75) is 51.5 Å². The Kier molecular flexibility index (Phi) is 5.47. The zero-order valence-corrected chi connectivity index (χ0v) is 13.4. The van der Waals surface area contributed by atoms with Crippen LogP contribution in [0.15, 0.2) is 11.4 Å². The van der Waals surface area contributed by atoms with E-state index in [1.807, 2.05) is 18.4 Å². The number of thiophene rings is 1. The maximum Gasteiger partial charge on any atom is 0.306 e. The molecule has 0 aromatic carbocycles. The predicted octanol–water partition coefficient (Wildman–Crippen LogP) is 4.31. The van der Waals surface area contributed by atoms with Gasteiger partial charge in [0, 0.05) is 10.9 Å². The number of hydrogen-bond donors (Lipinski definition) is 1. The Labute approximate surface area is 129 Å². The average Bonchev–Trinajstić information content (AvgIpc) is 2.99. The third-order valence-corrected chi connectivity index (χ3v) is 5.61.